The molecule has 2 heterocycles. The second kappa shape index (κ2) is 8.25. The molecule has 0 radical (unpaired) electrons. The number of rotatable bonds is 6. The summed E-state index contributed by atoms with van der Waals surface area (Å²) in [7, 11) is 0. The highest BCUT2D eigenvalue weighted by molar-refractivity contribution is 5.97. The molecule has 0 unspecified atom stereocenters. The van der Waals surface area contributed by atoms with E-state index in [4.69, 9.17) is 4.98 Å². The van der Waals surface area contributed by atoms with Crippen LogP contribution in [0.3, 0.4) is 0 Å². The highest BCUT2D eigenvalue weighted by Gasteiger charge is 2.33. The van der Waals surface area contributed by atoms with Crippen molar-refractivity contribution in [3.63, 3.8) is 0 Å². The Kier molecular flexibility index (Phi) is 5.55. The van der Waals surface area contributed by atoms with E-state index in [1.54, 1.807) is 4.90 Å². The molecular formula is C23H26N2O3. The number of benzene rings is 2. The van der Waals surface area contributed by atoms with E-state index >= 15 is 0 Å². The van der Waals surface area contributed by atoms with Crippen molar-refractivity contribution < 1.29 is 15.0 Å². The number of pyridine rings is 1. The van der Waals surface area contributed by atoms with Crippen molar-refractivity contribution in [3.8, 4) is 0 Å². The van der Waals surface area contributed by atoms with E-state index in [9.17, 15) is 15.0 Å². The van der Waals surface area contributed by atoms with Crippen LogP contribution in [-0.4, -0.2) is 51.3 Å². The molecule has 3 aromatic rings. The van der Waals surface area contributed by atoms with Gasteiger partial charge in [0.25, 0.3) is 0 Å². The summed E-state index contributed by atoms with van der Waals surface area (Å²) >= 11 is 0. The molecular weight excluding hydrogens is 352 g/mol. The maximum atomic E-state index is 12.5. The SMILES string of the molecule is O=C(CCCCc1c2ccccc2nc2ccccc12)N1C[C@H](O)C[C@H]1CO. The van der Waals surface area contributed by atoms with Crippen molar-refractivity contribution >= 4 is 27.7 Å². The second-order valence-corrected chi connectivity index (χ2v) is 7.60. The van der Waals surface area contributed by atoms with Crippen molar-refractivity contribution in [2.75, 3.05) is 13.2 Å². The first-order valence-corrected chi connectivity index (χ1v) is 10.0. The van der Waals surface area contributed by atoms with Gasteiger partial charge in [0.05, 0.1) is 29.8 Å². The summed E-state index contributed by atoms with van der Waals surface area (Å²) < 4.78 is 0. The van der Waals surface area contributed by atoms with Crippen molar-refractivity contribution in [1.29, 1.82) is 0 Å². The Labute approximate surface area is 164 Å². The first kappa shape index (κ1) is 18.8. The molecule has 0 bridgehead atoms. The molecule has 5 heteroatoms. The van der Waals surface area contributed by atoms with Crippen molar-refractivity contribution in [2.24, 2.45) is 0 Å². The number of fused-ring (bicyclic) bond motifs is 2. The third-order valence-electron chi connectivity index (χ3n) is 5.69. The maximum Gasteiger partial charge on any atom is 0.222 e. The fourth-order valence-corrected chi connectivity index (χ4v) is 4.29. The number of aliphatic hydroxyl groups excluding tert-OH is 2. The van der Waals surface area contributed by atoms with Gasteiger partial charge in [-0.1, -0.05) is 36.4 Å². The van der Waals surface area contributed by atoms with E-state index in [2.05, 4.69) is 12.1 Å². The zero-order chi connectivity index (χ0) is 19.5. The van der Waals surface area contributed by atoms with Gasteiger partial charge in [-0.25, -0.2) is 4.98 Å². The highest BCUT2D eigenvalue weighted by atomic mass is 16.3. The van der Waals surface area contributed by atoms with Crippen molar-refractivity contribution in [1.82, 2.24) is 9.88 Å². The average Bonchev–Trinajstić information content (AvgIpc) is 3.11. The van der Waals surface area contributed by atoms with E-state index in [0.29, 0.717) is 19.4 Å². The summed E-state index contributed by atoms with van der Waals surface area (Å²) in [6.07, 6.45) is 2.98. The number of unbranched alkanes of at least 4 members (excludes halogenated alkanes) is 1. The predicted octanol–water partition coefficient (Wildman–Crippen LogP) is 3.05. The molecule has 1 fully saturated rings. The van der Waals surface area contributed by atoms with E-state index in [1.807, 2.05) is 36.4 Å². The van der Waals surface area contributed by atoms with Crippen molar-refractivity contribution in [3.05, 3.63) is 54.1 Å². The normalized spacial score (nSPS) is 19.6. The number of para-hydroxylation sites is 2. The molecule has 1 saturated heterocycles. The summed E-state index contributed by atoms with van der Waals surface area (Å²) in [5.74, 6) is 0.0278. The largest absolute Gasteiger partial charge is 0.394 e. The molecule has 0 saturated carbocycles. The first-order chi connectivity index (χ1) is 13.7. The lowest BCUT2D eigenvalue weighted by Gasteiger charge is -2.22. The average molecular weight is 378 g/mol. The number of likely N-dealkylation sites (tertiary alicyclic amines) is 1. The van der Waals surface area contributed by atoms with Crippen LogP contribution in [0.2, 0.25) is 0 Å². The highest BCUT2D eigenvalue weighted by Crippen LogP contribution is 2.27. The Morgan fingerprint density at radius 3 is 2.32 bits per heavy atom. The van der Waals surface area contributed by atoms with Crippen LogP contribution in [0.25, 0.3) is 21.8 Å². The number of carbonyl (C=O) groups is 1. The minimum Gasteiger partial charge on any atom is -0.394 e. The molecule has 0 spiro atoms. The molecule has 1 aliphatic heterocycles. The van der Waals surface area contributed by atoms with Crippen LogP contribution < -0.4 is 0 Å². The van der Waals surface area contributed by atoms with Crippen LogP contribution in [0, 0.1) is 0 Å². The van der Waals surface area contributed by atoms with Crippen LogP contribution in [0.15, 0.2) is 48.5 Å². The quantitative estimate of drug-likeness (QED) is 0.511. The van der Waals surface area contributed by atoms with Gasteiger partial charge in [-0.05, 0) is 43.4 Å². The minimum absolute atomic E-state index is 0.0278. The van der Waals surface area contributed by atoms with Crippen molar-refractivity contribution in [2.45, 2.75) is 44.2 Å². The first-order valence-electron chi connectivity index (χ1n) is 10.0. The lowest BCUT2D eigenvalue weighted by molar-refractivity contribution is -0.133. The third-order valence-corrected chi connectivity index (χ3v) is 5.69. The van der Waals surface area contributed by atoms with Gasteiger partial charge in [-0.3, -0.25) is 4.79 Å². The Hall–Kier alpha value is -2.50. The number of aromatic nitrogens is 1. The molecule has 0 aliphatic carbocycles. The lowest BCUT2D eigenvalue weighted by atomic mass is 9.97. The molecule has 2 atom stereocenters. The summed E-state index contributed by atoms with van der Waals surface area (Å²) in [5, 5.41) is 21.5. The molecule has 1 amide bonds. The van der Waals surface area contributed by atoms with E-state index in [-0.39, 0.29) is 18.6 Å². The van der Waals surface area contributed by atoms with Gasteiger partial charge in [0.1, 0.15) is 0 Å². The summed E-state index contributed by atoms with van der Waals surface area (Å²) in [4.78, 5) is 18.9. The standard InChI is InChI=1S/C23H26N2O3/c26-15-16-13-17(27)14-25(16)23(28)12-6-3-7-18-19-8-1-4-10-21(19)24-22-11-5-2-9-20(18)22/h1-2,4-5,8-11,16-17,26-27H,3,6-7,12-15H2/t16-,17+/m0/s1. The van der Waals surface area contributed by atoms with Crippen LogP contribution in [0.1, 0.15) is 31.2 Å². The molecule has 5 nitrogen and oxygen atoms in total. The van der Waals surface area contributed by atoms with E-state index < -0.39 is 6.10 Å². The molecule has 2 N–H and O–H groups in total. The summed E-state index contributed by atoms with van der Waals surface area (Å²) in [5.41, 5.74) is 3.30. The van der Waals surface area contributed by atoms with Gasteiger partial charge in [0.15, 0.2) is 0 Å². The molecule has 4 rings (SSSR count). The Bertz CT molecular complexity index is 934. The molecule has 146 valence electrons. The van der Waals surface area contributed by atoms with E-state index in [1.165, 1.54) is 16.3 Å². The number of nitrogens with zero attached hydrogens (tertiary/aromatic N) is 2. The monoisotopic (exact) mass is 378 g/mol. The van der Waals surface area contributed by atoms with Crippen LogP contribution in [0.5, 0.6) is 0 Å². The molecule has 28 heavy (non-hydrogen) atoms. The Balaban J connectivity index is 1.45. The summed E-state index contributed by atoms with van der Waals surface area (Å²) in [6, 6.07) is 16.2. The number of carbonyl (C=O) groups excluding carboxylic acids is 1. The zero-order valence-electron chi connectivity index (χ0n) is 15.9. The van der Waals surface area contributed by atoms with Crippen LogP contribution in [-0.2, 0) is 11.2 Å². The maximum absolute atomic E-state index is 12.5. The fraction of sp³-hybridized carbons (Fsp3) is 0.391. The van der Waals surface area contributed by atoms with Gasteiger partial charge >= 0.3 is 0 Å². The predicted molar refractivity (Wildman–Crippen MR) is 110 cm³/mol. The van der Waals surface area contributed by atoms with Gasteiger partial charge < -0.3 is 15.1 Å². The van der Waals surface area contributed by atoms with E-state index in [0.717, 1.165) is 30.3 Å². The fourth-order valence-electron chi connectivity index (χ4n) is 4.29. The number of β-amino-alcohol motifs (C(OH)–C–C–N with tert-alkyl or cyclic N) is 1. The topological polar surface area (TPSA) is 73.7 Å². The third kappa shape index (κ3) is 3.73. The second-order valence-electron chi connectivity index (χ2n) is 7.60. The van der Waals surface area contributed by atoms with Gasteiger partial charge in [-0.15, -0.1) is 0 Å². The number of aliphatic hydroxyl groups is 2. The van der Waals surface area contributed by atoms with Gasteiger partial charge in [-0.2, -0.15) is 0 Å². The number of hydrogen-bond acceptors (Lipinski definition) is 4. The van der Waals surface area contributed by atoms with Crippen LogP contribution >= 0.6 is 0 Å². The number of amides is 1. The Morgan fingerprint density at radius 2 is 1.68 bits per heavy atom. The zero-order valence-corrected chi connectivity index (χ0v) is 15.9. The molecule has 1 aliphatic rings. The van der Waals surface area contributed by atoms with Gasteiger partial charge in [0.2, 0.25) is 5.91 Å². The number of hydrogen-bond donors (Lipinski definition) is 2. The van der Waals surface area contributed by atoms with Gasteiger partial charge in [0, 0.05) is 23.7 Å². The summed E-state index contributed by atoms with van der Waals surface area (Å²) in [6.45, 7) is 0.251. The minimum atomic E-state index is -0.518. The number of aryl methyl sites for hydroxylation is 1. The lowest BCUT2D eigenvalue weighted by Crippen LogP contribution is -2.37. The van der Waals surface area contributed by atoms with Crippen LogP contribution in [0.4, 0.5) is 0 Å². The Morgan fingerprint density at radius 1 is 1.04 bits per heavy atom. The molecule has 1 aromatic heterocycles. The molecule has 2 aromatic carbocycles. The smallest absolute Gasteiger partial charge is 0.222 e.